The minimum Gasteiger partial charge on any atom is -0.385 e. The van der Waals surface area contributed by atoms with E-state index in [0.717, 1.165) is 25.3 Å². The number of hydrogen-bond donors (Lipinski definition) is 1. The van der Waals surface area contributed by atoms with Gasteiger partial charge in [-0.2, -0.15) is 0 Å². The quantitative estimate of drug-likeness (QED) is 0.699. The van der Waals surface area contributed by atoms with Crippen LogP contribution < -0.4 is 5.32 Å². The highest BCUT2D eigenvalue weighted by Gasteiger charge is 1.99. The molecule has 0 radical (unpaired) electrons. The van der Waals surface area contributed by atoms with Crippen LogP contribution >= 0.6 is 0 Å². The number of benzene rings is 1. The van der Waals surface area contributed by atoms with Gasteiger partial charge in [-0.3, -0.25) is 0 Å². The largest absolute Gasteiger partial charge is 0.385 e. The second-order valence-corrected chi connectivity index (χ2v) is 3.36. The molecule has 15 heavy (non-hydrogen) atoms. The predicted molar refractivity (Wildman–Crippen MR) is 62.1 cm³/mol. The van der Waals surface area contributed by atoms with Crippen molar-refractivity contribution in [2.24, 2.45) is 0 Å². The first-order chi connectivity index (χ1) is 7.38. The SMILES string of the molecule is COCCCNc1ccccc1COC. The lowest BCUT2D eigenvalue weighted by Gasteiger charge is -2.10. The molecule has 0 fully saturated rings. The van der Waals surface area contributed by atoms with Crippen molar-refractivity contribution in [2.75, 3.05) is 32.7 Å². The van der Waals surface area contributed by atoms with Gasteiger partial charge in [0.15, 0.2) is 0 Å². The molecule has 0 aliphatic heterocycles. The van der Waals surface area contributed by atoms with E-state index in [1.165, 1.54) is 5.56 Å². The van der Waals surface area contributed by atoms with Crippen molar-refractivity contribution in [3.63, 3.8) is 0 Å². The first-order valence-electron chi connectivity index (χ1n) is 5.18. The van der Waals surface area contributed by atoms with E-state index in [1.54, 1.807) is 14.2 Å². The molecule has 1 rings (SSSR count). The number of nitrogens with one attached hydrogen (secondary N) is 1. The average molecular weight is 209 g/mol. The van der Waals surface area contributed by atoms with E-state index in [2.05, 4.69) is 17.4 Å². The first-order valence-corrected chi connectivity index (χ1v) is 5.18. The molecule has 0 saturated carbocycles. The zero-order valence-corrected chi connectivity index (χ0v) is 9.45. The Morgan fingerprint density at radius 2 is 1.93 bits per heavy atom. The second kappa shape index (κ2) is 7.26. The molecule has 0 bridgehead atoms. The Balaban J connectivity index is 2.44. The Labute approximate surface area is 91.4 Å². The lowest BCUT2D eigenvalue weighted by Crippen LogP contribution is -2.06. The van der Waals surface area contributed by atoms with Crippen LogP contribution in [0.25, 0.3) is 0 Å². The van der Waals surface area contributed by atoms with Crippen LogP contribution in [0.4, 0.5) is 5.69 Å². The molecule has 0 heterocycles. The van der Waals surface area contributed by atoms with Gasteiger partial charge in [-0.1, -0.05) is 18.2 Å². The van der Waals surface area contributed by atoms with Crippen LogP contribution in [0.2, 0.25) is 0 Å². The summed E-state index contributed by atoms with van der Waals surface area (Å²) in [4.78, 5) is 0. The van der Waals surface area contributed by atoms with Crippen molar-refractivity contribution in [3.8, 4) is 0 Å². The van der Waals surface area contributed by atoms with Crippen molar-refractivity contribution in [1.82, 2.24) is 0 Å². The van der Waals surface area contributed by atoms with E-state index in [4.69, 9.17) is 9.47 Å². The molecule has 84 valence electrons. The third kappa shape index (κ3) is 4.32. The van der Waals surface area contributed by atoms with Crippen molar-refractivity contribution in [2.45, 2.75) is 13.0 Å². The van der Waals surface area contributed by atoms with Crippen LogP contribution in [-0.4, -0.2) is 27.4 Å². The third-order valence-corrected chi connectivity index (χ3v) is 2.16. The van der Waals surface area contributed by atoms with Gasteiger partial charge in [0.1, 0.15) is 0 Å². The zero-order valence-electron chi connectivity index (χ0n) is 9.45. The topological polar surface area (TPSA) is 30.5 Å². The summed E-state index contributed by atoms with van der Waals surface area (Å²) in [5, 5.41) is 3.37. The highest BCUT2D eigenvalue weighted by atomic mass is 16.5. The fourth-order valence-electron chi connectivity index (χ4n) is 1.41. The summed E-state index contributed by atoms with van der Waals surface area (Å²) in [6.45, 7) is 2.36. The molecule has 0 aliphatic carbocycles. The van der Waals surface area contributed by atoms with Gasteiger partial charge in [0.2, 0.25) is 0 Å². The summed E-state index contributed by atoms with van der Waals surface area (Å²) in [6, 6.07) is 8.19. The molecule has 0 saturated heterocycles. The number of anilines is 1. The molecule has 1 aromatic carbocycles. The Morgan fingerprint density at radius 3 is 2.67 bits per heavy atom. The van der Waals surface area contributed by atoms with Crippen LogP contribution in [0.1, 0.15) is 12.0 Å². The fourth-order valence-corrected chi connectivity index (χ4v) is 1.41. The molecular weight excluding hydrogens is 190 g/mol. The molecule has 0 atom stereocenters. The molecule has 0 unspecified atom stereocenters. The van der Waals surface area contributed by atoms with Gasteiger partial charge in [0, 0.05) is 38.6 Å². The first kappa shape index (κ1) is 12.0. The van der Waals surface area contributed by atoms with Gasteiger partial charge < -0.3 is 14.8 Å². The fraction of sp³-hybridized carbons (Fsp3) is 0.500. The average Bonchev–Trinajstić information content (AvgIpc) is 2.27. The van der Waals surface area contributed by atoms with Gasteiger partial charge in [0.25, 0.3) is 0 Å². The molecular formula is C12H19NO2. The van der Waals surface area contributed by atoms with Gasteiger partial charge in [-0.15, -0.1) is 0 Å². The maximum Gasteiger partial charge on any atom is 0.0733 e. The van der Waals surface area contributed by atoms with E-state index >= 15 is 0 Å². The second-order valence-electron chi connectivity index (χ2n) is 3.36. The normalized spacial score (nSPS) is 10.3. The van der Waals surface area contributed by atoms with E-state index in [1.807, 2.05) is 12.1 Å². The summed E-state index contributed by atoms with van der Waals surface area (Å²) in [5.41, 5.74) is 2.34. The molecule has 0 spiro atoms. The number of hydrogen-bond acceptors (Lipinski definition) is 3. The maximum absolute atomic E-state index is 5.13. The Morgan fingerprint density at radius 1 is 1.13 bits per heavy atom. The van der Waals surface area contributed by atoms with Gasteiger partial charge >= 0.3 is 0 Å². The highest BCUT2D eigenvalue weighted by molar-refractivity contribution is 5.50. The minimum absolute atomic E-state index is 0.646. The van der Waals surface area contributed by atoms with E-state index in [0.29, 0.717) is 6.61 Å². The lowest BCUT2D eigenvalue weighted by molar-refractivity contribution is 0.185. The standard InChI is InChI=1S/C12H19NO2/c1-14-9-5-8-13-12-7-4-3-6-11(12)10-15-2/h3-4,6-7,13H,5,8-10H2,1-2H3. The molecule has 3 nitrogen and oxygen atoms in total. The molecule has 0 aliphatic rings. The predicted octanol–water partition coefficient (Wildman–Crippen LogP) is 2.28. The number of rotatable bonds is 7. The molecule has 3 heteroatoms. The summed E-state index contributed by atoms with van der Waals surface area (Å²) in [6.07, 6.45) is 1.01. The number of para-hydroxylation sites is 1. The van der Waals surface area contributed by atoms with Crippen LogP contribution in [0.5, 0.6) is 0 Å². The molecule has 0 aromatic heterocycles. The van der Waals surface area contributed by atoms with Gasteiger partial charge in [-0.25, -0.2) is 0 Å². The number of ether oxygens (including phenoxy) is 2. The maximum atomic E-state index is 5.13. The van der Waals surface area contributed by atoms with E-state index < -0.39 is 0 Å². The van der Waals surface area contributed by atoms with Crippen molar-refractivity contribution < 1.29 is 9.47 Å². The van der Waals surface area contributed by atoms with Gasteiger partial charge in [-0.05, 0) is 12.5 Å². The third-order valence-electron chi connectivity index (χ3n) is 2.16. The lowest BCUT2D eigenvalue weighted by atomic mass is 10.2. The smallest absolute Gasteiger partial charge is 0.0733 e. The highest BCUT2D eigenvalue weighted by Crippen LogP contribution is 2.15. The monoisotopic (exact) mass is 209 g/mol. The van der Waals surface area contributed by atoms with Crippen LogP contribution in [0.3, 0.4) is 0 Å². The molecule has 0 amide bonds. The van der Waals surface area contributed by atoms with Crippen molar-refractivity contribution >= 4 is 5.69 Å². The summed E-state index contributed by atoms with van der Waals surface area (Å²) in [7, 11) is 3.43. The Hall–Kier alpha value is -1.06. The molecule has 1 N–H and O–H groups in total. The summed E-state index contributed by atoms with van der Waals surface area (Å²) in [5.74, 6) is 0. The Bertz CT molecular complexity index is 276. The Kier molecular flexibility index (Phi) is 5.81. The summed E-state index contributed by atoms with van der Waals surface area (Å²) < 4.78 is 10.1. The van der Waals surface area contributed by atoms with Crippen molar-refractivity contribution in [1.29, 1.82) is 0 Å². The van der Waals surface area contributed by atoms with E-state index in [-0.39, 0.29) is 0 Å². The number of methoxy groups -OCH3 is 2. The zero-order chi connectivity index (χ0) is 10.9. The van der Waals surface area contributed by atoms with Crippen LogP contribution in [-0.2, 0) is 16.1 Å². The van der Waals surface area contributed by atoms with Crippen LogP contribution in [0.15, 0.2) is 24.3 Å². The van der Waals surface area contributed by atoms with Crippen molar-refractivity contribution in [3.05, 3.63) is 29.8 Å². The van der Waals surface area contributed by atoms with Crippen LogP contribution in [0, 0.1) is 0 Å². The molecule has 1 aromatic rings. The summed E-state index contributed by atoms with van der Waals surface area (Å²) >= 11 is 0. The minimum atomic E-state index is 0.646. The van der Waals surface area contributed by atoms with Gasteiger partial charge in [0.05, 0.1) is 6.61 Å². The van der Waals surface area contributed by atoms with E-state index in [9.17, 15) is 0 Å².